The molecule has 3 rings (SSSR count). The lowest BCUT2D eigenvalue weighted by Crippen LogP contribution is -2.37. The lowest BCUT2D eigenvalue weighted by atomic mass is 10.1. The van der Waals surface area contributed by atoms with Crippen LogP contribution in [0.2, 0.25) is 0 Å². The first-order valence-corrected chi connectivity index (χ1v) is 10.6. The van der Waals surface area contributed by atoms with E-state index in [9.17, 15) is 8.42 Å². The molecule has 124 valence electrons. The summed E-state index contributed by atoms with van der Waals surface area (Å²) in [6.07, 6.45) is 5.67. The molecule has 0 spiro atoms. The van der Waals surface area contributed by atoms with Gasteiger partial charge in [-0.3, -0.25) is 4.99 Å². The van der Waals surface area contributed by atoms with Crippen LogP contribution in [0.1, 0.15) is 18.4 Å². The maximum absolute atomic E-state index is 11.5. The fraction of sp³-hybridized carbons (Fsp3) is 0.438. The largest absolute Gasteiger partial charge is 0.382 e. The van der Waals surface area contributed by atoms with Crippen molar-refractivity contribution in [1.29, 1.82) is 0 Å². The number of thioether (sulfide) groups is 1. The van der Waals surface area contributed by atoms with Crippen LogP contribution in [-0.2, 0) is 9.84 Å². The number of hydrogen-bond acceptors (Lipinski definition) is 5. The van der Waals surface area contributed by atoms with Crippen LogP contribution in [0, 0.1) is 0 Å². The Hall–Kier alpha value is -1.47. The van der Waals surface area contributed by atoms with Crippen LogP contribution in [0.25, 0.3) is 5.70 Å². The van der Waals surface area contributed by atoms with Gasteiger partial charge in [-0.15, -0.1) is 0 Å². The lowest BCUT2D eigenvalue weighted by molar-refractivity contribution is 0.602. The third-order valence-corrected chi connectivity index (χ3v) is 6.41. The molecule has 2 heterocycles. The van der Waals surface area contributed by atoms with E-state index >= 15 is 0 Å². The van der Waals surface area contributed by atoms with Gasteiger partial charge >= 0.3 is 0 Å². The van der Waals surface area contributed by atoms with Crippen molar-refractivity contribution in [1.82, 2.24) is 10.6 Å². The Balaban J connectivity index is 1.68. The normalized spacial score (nSPS) is 23.3. The van der Waals surface area contributed by atoms with Gasteiger partial charge in [-0.1, -0.05) is 12.1 Å². The topological polar surface area (TPSA) is 70.6 Å². The van der Waals surface area contributed by atoms with Gasteiger partial charge in [-0.2, -0.15) is 11.8 Å². The monoisotopic (exact) mass is 351 g/mol. The van der Waals surface area contributed by atoms with Gasteiger partial charge in [0, 0.05) is 17.7 Å². The summed E-state index contributed by atoms with van der Waals surface area (Å²) in [6, 6.07) is 6.89. The Labute approximate surface area is 141 Å². The van der Waals surface area contributed by atoms with E-state index in [2.05, 4.69) is 15.6 Å². The molecule has 2 aliphatic heterocycles. The van der Waals surface area contributed by atoms with Gasteiger partial charge in [0.05, 0.1) is 23.7 Å². The van der Waals surface area contributed by atoms with Gasteiger partial charge in [0.1, 0.15) is 5.84 Å². The van der Waals surface area contributed by atoms with E-state index in [1.807, 2.05) is 30.1 Å². The highest BCUT2D eigenvalue weighted by Gasteiger charge is 2.16. The van der Waals surface area contributed by atoms with Gasteiger partial charge in [0.2, 0.25) is 0 Å². The highest BCUT2D eigenvalue weighted by Crippen LogP contribution is 2.26. The maximum atomic E-state index is 11.5. The minimum atomic E-state index is -3.16. The summed E-state index contributed by atoms with van der Waals surface area (Å²) in [7, 11) is -3.16. The van der Waals surface area contributed by atoms with E-state index in [1.54, 1.807) is 12.1 Å². The van der Waals surface area contributed by atoms with Crippen molar-refractivity contribution in [3.05, 3.63) is 36.0 Å². The molecular weight excluding hydrogens is 330 g/mol. The quantitative estimate of drug-likeness (QED) is 0.867. The molecule has 5 nitrogen and oxygen atoms in total. The zero-order valence-electron chi connectivity index (χ0n) is 13.1. The molecule has 0 aromatic heterocycles. The number of hydrogen-bond donors (Lipinski definition) is 2. The highest BCUT2D eigenvalue weighted by molar-refractivity contribution is 8.00. The van der Waals surface area contributed by atoms with Crippen molar-refractivity contribution in [3.8, 4) is 0 Å². The number of aliphatic imine (C=N–C) groups is 1. The van der Waals surface area contributed by atoms with Crippen LogP contribution in [0.3, 0.4) is 0 Å². The first kappa shape index (κ1) is 16.4. The highest BCUT2D eigenvalue weighted by atomic mass is 32.2. The van der Waals surface area contributed by atoms with Crippen LogP contribution in [-0.4, -0.2) is 44.6 Å². The first-order chi connectivity index (χ1) is 11.0. The number of nitrogens with zero attached hydrogens (tertiary/aromatic N) is 1. The summed E-state index contributed by atoms with van der Waals surface area (Å²) < 4.78 is 23.0. The van der Waals surface area contributed by atoms with Crippen molar-refractivity contribution in [3.63, 3.8) is 0 Å². The molecule has 1 fully saturated rings. The molecule has 1 atom stereocenters. The van der Waals surface area contributed by atoms with Crippen LogP contribution < -0.4 is 10.6 Å². The van der Waals surface area contributed by atoms with E-state index in [1.165, 1.54) is 24.9 Å². The summed E-state index contributed by atoms with van der Waals surface area (Å²) in [5.41, 5.74) is 1.85. The van der Waals surface area contributed by atoms with Gasteiger partial charge in [0.25, 0.3) is 0 Å². The van der Waals surface area contributed by atoms with Crippen molar-refractivity contribution >= 4 is 33.1 Å². The Morgan fingerprint density at radius 2 is 2.09 bits per heavy atom. The average molecular weight is 351 g/mol. The van der Waals surface area contributed by atoms with Crippen molar-refractivity contribution < 1.29 is 8.42 Å². The molecule has 0 unspecified atom stereocenters. The summed E-state index contributed by atoms with van der Waals surface area (Å²) in [6.45, 7) is 1.55. The van der Waals surface area contributed by atoms with Gasteiger partial charge in [-0.05, 0) is 36.3 Å². The van der Waals surface area contributed by atoms with Crippen LogP contribution >= 0.6 is 11.8 Å². The smallest absolute Gasteiger partial charge is 0.175 e. The molecule has 2 aliphatic rings. The zero-order valence-corrected chi connectivity index (χ0v) is 14.7. The molecule has 1 saturated heterocycles. The Kier molecular flexibility index (Phi) is 4.96. The minimum Gasteiger partial charge on any atom is -0.382 e. The second-order valence-corrected chi connectivity index (χ2v) is 9.21. The predicted molar refractivity (Wildman–Crippen MR) is 96.4 cm³/mol. The number of sulfone groups is 1. The molecule has 1 aromatic rings. The maximum Gasteiger partial charge on any atom is 0.175 e. The minimum absolute atomic E-state index is 0.331. The molecule has 1 aromatic carbocycles. The molecule has 2 N–H and O–H groups in total. The van der Waals surface area contributed by atoms with Crippen LogP contribution in [0.15, 0.2) is 40.4 Å². The molecule has 0 bridgehead atoms. The molecule has 0 radical (unpaired) electrons. The molecule has 0 amide bonds. The Morgan fingerprint density at radius 1 is 1.30 bits per heavy atom. The van der Waals surface area contributed by atoms with E-state index in [0.717, 1.165) is 23.6 Å². The average Bonchev–Trinajstić information content (AvgIpc) is 3.06. The fourth-order valence-electron chi connectivity index (χ4n) is 2.62. The van der Waals surface area contributed by atoms with Gasteiger partial charge in [0.15, 0.2) is 9.84 Å². The van der Waals surface area contributed by atoms with Crippen molar-refractivity contribution in [2.24, 2.45) is 4.99 Å². The molecular formula is C16H21N3O2S2. The molecule has 7 heteroatoms. The summed E-state index contributed by atoms with van der Waals surface area (Å²) in [4.78, 5) is 5.01. The van der Waals surface area contributed by atoms with E-state index in [4.69, 9.17) is 0 Å². The van der Waals surface area contributed by atoms with Crippen molar-refractivity contribution in [2.45, 2.75) is 23.0 Å². The van der Waals surface area contributed by atoms with E-state index in [0.29, 0.717) is 16.7 Å². The SMILES string of the molecule is CS(=O)(=O)c1ccc(C2=CNCC(=NC[C@H]3CCCS3)N2)cc1. The molecule has 23 heavy (non-hydrogen) atoms. The summed E-state index contributed by atoms with van der Waals surface area (Å²) >= 11 is 2.01. The Morgan fingerprint density at radius 3 is 2.74 bits per heavy atom. The number of amidine groups is 1. The molecule has 0 saturated carbocycles. The summed E-state index contributed by atoms with van der Waals surface area (Å²) in [5.74, 6) is 2.18. The van der Waals surface area contributed by atoms with Gasteiger partial charge in [-0.25, -0.2) is 8.42 Å². The summed E-state index contributed by atoms with van der Waals surface area (Å²) in [5, 5.41) is 7.21. The third-order valence-electron chi connectivity index (χ3n) is 3.90. The predicted octanol–water partition coefficient (Wildman–Crippen LogP) is 1.88. The lowest BCUT2D eigenvalue weighted by Gasteiger charge is -2.20. The Bertz CT molecular complexity index is 718. The number of rotatable bonds is 4. The first-order valence-electron chi connectivity index (χ1n) is 7.68. The fourth-order valence-corrected chi connectivity index (χ4v) is 4.43. The zero-order chi connectivity index (χ0) is 16.3. The van der Waals surface area contributed by atoms with Crippen LogP contribution in [0.5, 0.6) is 0 Å². The third kappa shape index (κ3) is 4.29. The van der Waals surface area contributed by atoms with E-state index < -0.39 is 9.84 Å². The standard InChI is InChI=1S/C16H21N3O2S2/c1-23(20,21)14-6-4-12(5-7-14)15-10-17-11-16(19-15)18-9-13-3-2-8-22-13/h4-7,10,13,17H,2-3,8-9,11H2,1H3,(H,18,19)/t13-/m1/s1. The second-order valence-electron chi connectivity index (χ2n) is 5.78. The van der Waals surface area contributed by atoms with Crippen molar-refractivity contribution in [2.75, 3.05) is 25.1 Å². The number of nitrogens with one attached hydrogen (secondary N) is 2. The number of benzene rings is 1. The molecule has 0 aliphatic carbocycles. The van der Waals surface area contributed by atoms with Gasteiger partial charge < -0.3 is 10.6 Å². The van der Waals surface area contributed by atoms with E-state index in [-0.39, 0.29) is 0 Å². The van der Waals surface area contributed by atoms with Crippen LogP contribution in [0.4, 0.5) is 0 Å². The second kappa shape index (κ2) is 6.97.